The summed E-state index contributed by atoms with van der Waals surface area (Å²) in [5, 5.41) is 5.52. The summed E-state index contributed by atoms with van der Waals surface area (Å²) in [6.07, 6.45) is -1.70. The van der Waals surface area contributed by atoms with Crippen molar-refractivity contribution >= 4 is 11.8 Å². The standard InChI is InChI=1S/C30H26F3N3O5/c31-30(32,33)41-22-13-11-21(12-14-22)39-18-27(37)34-16-28-36-26(17-40-28)29(38)35-15-25-23-7-3-1-5-19(23)9-10-20-6-2-4-8-24(20)25/h1-8,11-14,17,25H,9-10,15-16,18H2,(H,34,37)(H,35,38). The highest BCUT2D eigenvalue weighted by Crippen LogP contribution is 2.34. The van der Waals surface area contributed by atoms with E-state index < -0.39 is 30.5 Å². The largest absolute Gasteiger partial charge is 0.573 e. The lowest BCUT2D eigenvalue weighted by atomic mass is 9.88. The average Bonchev–Trinajstić information content (AvgIpc) is 3.38. The van der Waals surface area contributed by atoms with Gasteiger partial charge in [0.2, 0.25) is 5.89 Å². The first-order chi connectivity index (χ1) is 19.7. The lowest BCUT2D eigenvalue weighted by molar-refractivity contribution is -0.274. The van der Waals surface area contributed by atoms with E-state index in [-0.39, 0.29) is 29.8 Å². The first-order valence-corrected chi connectivity index (χ1v) is 12.9. The third-order valence-corrected chi connectivity index (χ3v) is 6.64. The van der Waals surface area contributed by atoms with Gasteiger partial charge in [0.15, 0.2) is 12.3 Å². The van der Waals surface area contributed by atoms with Gasteiger partial charge in [-0.25, -0.2) is 4.98 Å². The van der Waals surface area contributed by atoms with Gasteiger partial charge in [0.25, 0.3) is 11.8 Å². The molecule has 2 N–H and O–H groups in total. The van der Waals surface area contributed by atoms with Crippen molar-refractivity contribution in [1.82, 2.24) is 15.6 Å². The van der Waals surface area contributed by atoms with Crippen LogP contribution in [0.3, 0.4) is 0 Å². The van der Waals surface area contributed by atoms with Crippen LogP contribution in [0.1, 0.15) is 44.6 Å². The number of ether oxygens (including phenoxy) is 2. The minimum absolute atomic E-state index is 0.00659. The molecule has 0 aliphatic heterocycles. The summed E-state index contributed by atoms with van der Waals surface area (Å²) in [5.74, 6) is -1.01. The summed E-state index contributed by atoms with van der Waals surface area (Å²) in [7, 11) is 0. The predicted molar refractivity (Wildman–Crippen MR) is 141 cm³/mol. The van der Waals surface area contributed by atoms with Crippen LogP contribution in [0.4, 0.5) is 13.2 Å². The van der Waals surface area contributed by atoms with E-state index >= 15 is 0 Å². The smallest absolute Gasteiger partial charge is 0.484 e. The number of alkyl halides is 3. The molecule has 0 unspecified atom stereocenters. The maximum absolute atomic E-state index is 12.9. The van der Waals surface area contributed by atoms with Gasteiger partial charge in [-0.1, -0.05) is 48.5 Å². The molecule has 1 aromatic heterocycles. The van der Waals surface area contributed by atoms with Crippen LogP contribution in [0.15, 0.2) is 83.5 Å². The minimum atomic E-state index is -4.80. The number of benzene rings is 3. The van der Waals surface area contributed by atoms with Crippen molar-refractivity contribution in [2.24, 2.45) is 0 Å². The summed E-state index contributed by atoms with van der Waals surface area (Å²) in [4.78, 5) is 29.2. The first-order valence-electron chi connectivity index (χ1n) is 12.9. The summed E-state index contributed by atoms with van der Waals surface area (Å²) in [6.45, 7) is -0.0957. The average molecular weight is 566 g/mol. The van der Waals surface area contributed by atoms with Gasteiger partial charge in [0.05, 0.1) is 6.54 Å². The molecule has 11 heteroatoms. The number of hydrogen-bond donors (Lipinski definition) is 2. The Balaban J connectivity index is 1.12. The zero-order valence-electron chi connectivity index (χ0n) is 21.7. The van der Waals surface area contributed by atoms with Crippen molar-refractivity contribution in [3.8, 4) is 11.5 Å². The molecule has 0 atom stereocenters. The number of fused-ring (bicyclic) bond motifs is 2. The van der Waals surface area contributed by atoms with E-state index in [1.165, 1.54) is 40.6 Å². The molecule has 1 aliphatic carbocycles. The predicted octanol–water partition coefficient (Wildman–Crippen LogP) is 4.93. The van der Waals surface area contributed by atoms with Gasteiger partial charge >= 0.3 is 6.36 Å². The van der Waals surface area contributed by atoms with Crippen LogP contribution in [0.5, 0.6) is 11.5 Å². The molecular weight excluding hydrogens is 539 g/mol. The van der Waals surface area contributed by atoms with Crippen molar-refractivity contribution < 1.29 is 36.7 Å². The van der Waals surface area contributed by atoms with Gasteiger partial charge in [0, 0.05) is 12.5 Å². The number of carbonyl (C=O) groups excluding carboxylic acids is 2. The van der Waals surface area contributed by atoms with Crippen LogP contribution in [0, 0.1) is 0 Å². The van der Waals surface area contributed by atoms with Crippen molar-refractivity contribution in [3.05, 3.63) is 113 Å². The highest BCUT2D eigenvalue weighted by Gasteiger charge is 2.31. The Morgan fingerprint density at radius 3 is 2.12 bits per heavy atom. The van der Waals surface area contributed by atoms with Crippen molar-refractivity contribution in [2.45, 2.75) is 31.7 Å². The number of halogens is 3. The third-order valence-electron chi connectivity index (χ3n) is 6.64. The molecule has 0 spiro atoms. The number of oxazole rings is 1. The zero-order valence-corrected chi connectivity index (χ0v) is 21.7. The van der Waals surface area contributed by atoms with Gasteiger partial charge in [-0.15, -0.1) is 13.2 Å². The molecule has 0 fully saturated rings. The molecule has 41 heavy (non-hydrogen) atoms. The number of amides is 2. The van der Waals surface area contributed by atoms with Gasteiger partial charge < -0.3 is 24.5 Å². The second-order valence-electron chi connectivity index (χ2n) is 9.37. The molecule has 2 amide bonds. The topological polar surface area (TPSA) is 103 Å². The zero-order chi connectivity index (χ0) is 28.8. The Bertz CT molecular complexity index is 1470. The molecule has 8 nitrogen and oxygen atoms in total. The van der Waals surface area contributed by atoms with E-state index in [4.69, 9.17) is 9.15 Å². The van der Waals surface area contributed by atoms with E-state index in [0.29, 0.717) is 6.54 Å². The number of aromatic nitrogens is 1. The van der Waals surface area contributed by atoms with Crippen molar-refractivity contribution in [1.29, 1.82) is 0 Å². The molecule has 3 aromatic carbocycles. The fourth-order valence-electron chi connectivity index (χ4n) is 4.75. The van der Waals surface area contributed by atoms with Crippen molar-refractivity contribution in [2.75, 3.05) is 13.2 Å². The molecule has 0 radical (unpaired) electrons. The van der Waals surface area contributed by atoms with E-state index in [0.717, 1.165) is 25.0 Å². The summed E-state index contributed by atoms with van der Waals surface area (Å²) >= 11 is 0. The number of aryl methyl sites for hydroxylation is 2. The Morgan fingerprint density at radius 2 is 1.49 bits per heavy atom. The quantitative estimate of drug-likeness (QED) is 0.299. The lowest BCUT2D eigenvalue weighted by Gasteiger charge is -2.20. The normalized spacial score (nSPS) is 13.0. The van der Waals surface area contributed by atoms with Crippen LogP contribution in [-0.4, -0.2) is 36.3 Å². The molecule has 5 rings (SSSR count). The van der Waals surface area contributed by atoms with E-state index in [2.05, 4.69) is 44.6 Å². The third kappa shape index (κ3) is 7.24. The molecule has 0 bridgehead atoms. The second kappa shape index (κ2) is 12.2. The summed E-state index contributed by atoms with van der Waals surface area (Å²) < 4.78 is 51.2. The maximum Gasteiger partial charge on any atom is 0.573 e. The molecule has 4 aromatic rings. The van der Waals surface area contributed by atoms with E-state index in [1.807, 2.05) is 24.3 Å². The number of nitrogens with one attached hydrogen (secondary N) is 2. The van der Waals surface area contributed by atoms with E-state index in [9.17, 15) is 22.8 Å². The molecule has 0 saturated carbocycles. The van der Waals surface area contributed by atoms with Gasteiger partial charge in [-0.2, -0.15) is 0 Å². The highest BCUT2D eigenvalue weighted by molar-refractivity contribution is 5.92. The number of hydrogen-bond acceptors (Lipinski definition) is 6. The number of nitrogens with zero attached hydrogens (tertiary/aromatic N) is 1. The maximum atomic E-state index is 12.9. The fraction of sp³-hybridized carbons (Fsp3) is 0.233. The Labute approximate surface area is 233 Å². The monoisotopic (exact) mass is 565 g/mol. The van der Waals surface area contributed by atoms with Gasteiger partial charge in [0.1, 0.15) is 17.8 Å². The highest BCUT2D eigenvalue weighted by atomic mass is 19.4. The Kier molecular flexibility index (Phi) is 8.23. The SMILES string of the molecule is O=C(COc1ccc(OC(F)(F)F)cc1)NCc1nc(C(=O)NCC2c3ccccc3CCc3ccccc32)co1. The molecule has 1 heterocycles. The number of carbonyl (C=O) groups is 2. The van der Waals surface area contributed by atoms with Crippen LogP contribution >= 0.6 is 0 Å². The van der Waals surface area contributed by atoms with Crippen LogP contribution in [-0.2, 0) is 24.2 Å². The second-order valence-corrected chi connectivity index (χ2v) is 9.37. The first kappa shape index (κ1) is 27.8. The number of rotatable bonds is 9. The minimum Gasteiger partial charge on any atom is -0.484 e. The van der Waals surface area contributed by atoms with Crippen LogP contribution in [0.25, 0.3) is 0 Å². The molecule has 1 aliphatic rings. The van der Waals surface area contributed by atoms with Crippen LogP contribution < -0.4 is 20.1 Å². The molecule has 212 valence electrons. The van der Waals surface area contributed by atoms with Gasteiger partial charge in [-0.3, -0.25) is 9.59 Å². The van der Waals surface area contributed by atoms with Crippen molar-refractivity contribution in [3.63, 3.8) is 0 Å². The molecule has 0 saturated heterocycles. The van der Waals surface area contributed by atoms with Crippen LogP contribution in [0.2, 0.25) is 0 Å². The van der Waals surface area contributed by atoms with Gasteiger partial charge in [-0.05, 0) is 59.4 Å². The molecular formula is C30H26F3N3O5. The Hall–Kier alpha value is -4.80. The Morgan fingerprint density at radius 1 is 0.878 bits per heavy atom. The fourth-order valence-corrected chi connectivity index (χ4v) is 4.75. The summed E-state index contributed by atoms with van der Waals surface area (Å²) in [6, 6.07) is 21.2. The lowest BCUT2D eigenvalue weighted by Crippen LogP contribution is -2.30. The summed E-state index contributed by atoms with van der Waals surface area (Å²) in [5.41, 5.74) is 4.99. The van der Waals surface area contributed by atoms with E-state index in [1.54, 1.807) is 0 Å².